The van der Waals surface area contributed by atoms with Crippen LogP contribution in [0.5, 0.6) is 0 Å². The van der Waals surface area contributed by atoms with Gasteiger partial charge in [-0.3, -0.25) is 0 Å². The molecule has 1 fully saturated rings. The topological polar surface area (TPSA) is 58.7 Å². The molecule has 1 aliphatic heterocycles. The molecule has 0 aliphatic carbocycles. The molecule has 47 heavy (non-hydrogen) atoms. The normalized spacial score (nSPS) is 16.6. The highest BCUT2D eigenvalue weighted by Gasteiger charge is 2.81. The Morgan fingerprint density at radius 1 is 0.851 bits per heavy atom. The van der Waals surface area contributed by atoms with E-state index in [1.807, 2.05) is 18.7 Å². The second kappa shape index (κ2) is 12.3. The molecule has 6 nitrogen and oxygen atoms in total. The number of thioether (sulfide) groups is 1. The predicted octanol–water partition coefficient (Wildman–Crippen LogP) is 9.02. The summed E-state index contributed by atoms with van der Waals surface area (Å²) in [6, 6.07) is 13.0. The first-order valence-electron chi connectivity index (χ1n) is 13.6. The van der Waals surface area contributed by atoms with Crippen molar-refractivity contribution in [1.29, 1.82) is 0 Å². The Balaban J connectivity index is 1.29. The van der Waals surface area contributed by atoms with Gasteiger partial charge in [0, 0.05) is 11.1 Å². The van der Waals surface area contributed by atoms with E-state index in [2.05, 4.69) is 20.3 Å². The molecule has 17 heteroatoms. The number of nitrogens with zero attached hydrogens (tertiary/aromatic N) is 6. The summed E-state index contributed by atoms with van der Waals surface area (Å²) in [5, 5.41) is 13.1. The first kappa shape index (κ1) is 33.9. The van der Waals surface area contributed by atoms with E-state index in [1.165, 1.54) is 30.1 Å². The van der Waals surface area contributed by atoms with Gasteiger partial charge in [-0.2, -0.15) is 40.2 Å². The van der Waals surface area contributed by atoms with Crippen molar-refractivity contribution in [2.75, 3.05) is 10.8 Å². The Kier molecular flexibility index (Phi) is 8.89. The number of rotatable bonds is 8. The third-order valence-electron chi connectivity index (χ3n) is 7.18. The number of amidine groups is 1. The Labute approximate surface area is 264 Å². The first-order chi connectivity index (χ1) is 21.9. The maximum Gasteiger partial charge on any atom is 0.457 e. The van der Waals surface area contributed by atoms with Crippen molar-refractivity contribution in [3.05, 3.63) is 95.6 Å². The quantitative estimate of drug-likeness (QED) is 0.105. The van der Waals surface area contributed by atoms with Crippen LogP contribution in [-0.4, -0.2) is 50.3 Å². The summed E-state index contributed by atoms with van der Waals surface area (Å²) in [4.78, 5) is 5.94. The van der Waals surface area contributed by atoms with Gasteiger partial charge in [-0.1, -0.05) is 68.1 Å². The zero-order chi connectivity index (χ0) is 34.4. The predicted molar refractivity (Wildman–Crippen MR) is 157 cm³/mol. The van der Waals surface area contributed by atoms with E-state index in [0.717, 1.165) is 22.3 Å². The van der Waals surface area contributed by atoms with Gasteiger partial charge in [0.1, 0.15) is 12.1 Å². The summed E-state index contributed by atoms with van der Waals surface area (Å²) in [5.41, 5.74) is -5.22. The molecule has 0 saturated carbocycles. The number of hydrogen-bond donors (Lipinski definition) is 0. The molecule has 1 atom stereocenters. The summed E-state index contributed by atoms with van der Waals surface area (Å²) < 4.78 is 135. The fourth-order valence-electron chi connectivity index (χ4n) is 4.63. The number of benzene rings is 3. The van der Waals surface area contributed by atoms with Crippen LogP contribution in [0.2, 0.25) is 0 Å². The smallest absolute Gasteiger partial charge is 0.309 e. The van der Waals surface area contributed by atoms with E-state index in [9.17, 15) is 43.9 Å². The van der Waals surface area contributed by atoms with E-state index < -0.39 is 29.5 Å². The highest BCUT2D eigenvalue weighted by Crippen LogP contribution is 2.58. The Hall–Kier alpha value is -4.41. The third-order valence-corrected chi connectivity index (χ3v) is 8.13. The summed E-state index contributed by atoms with van der Waals surface area (Å²) >= 11 is 1.45. The van der Waals surface area contributed by atoms with E-state index in [4.69, 9.17) is 0 Å². The van der Waals surface area contributed by atoms with E-state index in [0.29, 0.717) is 34.3 Å². The molecular formula is C30H22F10N6S. The number of aromatic nitrogens is 3. The Morgan fingerprint density at radius 3 is 2.06 bits per heavy atom. The molecule has 5 rings (SSSR count). The first-order valence-corrected chi connectivity index (χ1v) is 14.6. The summed E-state index contributed by atoms with van der Waals surface area (Å²) in [5.74, 6) is -6.23. The zero-order valence-corrected chi connectivity index (χ0v) is 25.0. The van der Waals surface area contributed by atoms with Crippen LogP contribution in [0.3, 0.4) is 0 Å². The molecule has 1 aromatic heterocycles. The van der Waals surface area contributed by atoms with Gasteiger partial charge < -0.3 is 4.90 Å². The fraction of sp³-hybridized carbons (Fsp3) is 0.267. The van der Waals surface area contributed by atoms with E-state index in [-0.39, 0.29) is 35.4 Å². The van der Waals surface area contributed by atoms with Gasteiger partial charge in [-0.05, 0) is 41.3 Å². The van der Waals surface area contributed by atoms with Crippen LogP contribution in [0.1, 0.15) is 36.5 Å². The fourth-order valence-corrected chi connectivity index (χ4v) is 5.34. The van der Waals surface area contributed by atoms with Crippen molar-refractivity contribution in [1.82, 2.24) is 14.8 Å². The van der Waals surface area contributed by atoms with E-state index >= 15 is 0 Å². The van der Waals surface area contributed by atoms with Crippen molar-refractivity contribution in [2.24, 2.45) is 10.2 Å². The average molecular weight is 689 g/mol. The van der Waals surface area contributed by atoms with Crippen molar-refractivity contribution < 1.29 is 43.9 Å². The second-order valence-corrected chi connectivity index (χ2v) is 11.5. The van der Waals surface area contributed by atoms with Crippen LogP contribution >= 0.6 is 11.8 Å². The van der Waals surface area contributed by atoms with Crippen LogP contribution in [-0.2, 0) is 5.67 Å². The molecule has 4 aromatic rings. The molecule has 0 radical (unpaired) electrons. The summed E-state index contributed by atoms with van der Waals surface area (Å²) in [7, 11) is 0. The minimum atomic E-state index is -6.81. The van der Waals surface area contributed by atoms with Gasteiger partial charge >= 0.3 is 23.9 Å². The van der Waals surface area contributed by atoms with Gasteiger partial charge in [0.25, 0.3) is 0 Å². The summed E-state index contributed by atoms with van der Waals surface area (Å²) in [6.45, 7) is 4.02. The number of hydrogen-bond acceptors (Lipinski definition) is 5. The van der Waals surface area contributed by atoms with Crippen LogP contribution in [0.4, 0.5) is 49.6 Å². The zero-order valence-electron chi connectivity index (χ0n) is 24.2. The monoisotopic (exact) mass is 688 g/mol. The van der Waals surface area contributed by atoms with Crippen LogP contribution in [0, 0.1) is 5.82 Å². The van der Waals surface area contributed by atoms with Crippen molar-refractivity contribution in [3.8, 4) is 17.1 Å². The number of halogens is 10. The van der Waals surface area contributed by atoms with Crippen LogP contribution in [0.15, 0.2) is 83.3 Å². The molecule has 0 spiro atoms. The maximum atomic E-state index is 14.7. The standard InChI is InChI=1S/C30H22F10N6S/c1-17(2)23-12-9-21(31)13-24(23)45-16-47-26(45)43-42-14-18-3-5-19(6-4-18)25-41-15-46(44-25)22-10-7-20(8-11-22)27(32,29(35,36)37)28(33,34)30(38,39)40/h3-15,17H,16H2,1-2H3. The lowest BCUT2D eigenvalue weighted by molar-refractivity contribution is -0.389. The van der Waals surface area contributed by atoms with Crippen LogP contribution < -0.4 is 4.90 Å². The Morgan fingerprint density at radius 2 is 1.51 bits per heavy atom. The second-order valence-electron chi connectivity index (χ2n) is 10.6. The van der Waals surface area contributed by atoms with Gasteiger partial charge in [-0.25, -0.2) is 18.4 Å². The van der Waals surface area contributed by atoms with Crippen LogP contribution in [0.25, 0.3) is 17.1 Å². The Bertz CT molecular complexity index is 1800. The van der Waals surface area contributed by atoms with Crippen molar-refractivity contribution in [3.63, 3.8) is 0 Å². The molecule has 0 amide bonds. The molecule has 1 unspecified atom stereocenters. The molecule has 0 N–H and O–H groups in total. The van der Waals surface area contributed by atoms with Gasteiger partial charge in [0.15, 0.2) is 11.0 Å². The average Bonchev–Trinajstić information content (AvgIpc) is 3.48. The van der Waals surface area contributed by atoms with Crippen molar-refractivity contribution >= 4 is 28.8 Å². The molecule has 0 bridgehead atoms. The highest BCUT2D eigenvalue weighted by molar-refractivity contribution is 8.16. The molecule has 3 aromatic carbocycles. The van der Waals surface area contributed by atoms with Gasteiger partial charge in [0.2, 0.25) is 0 Å². The van der Waals surface area contributed by atoms with Gasteiger partial charge in [-0.15, -0.1) is 10.2 Å². The lowest BCUT2D eigenvalue weighted by Crippen LogP contribution is -2.59. The lowest BCUT2D eigenvalue weighted by Gasteiger charge is -2.36. The third kappa shape index (κ3) is 6.32. The molecular weight excluding hydrogens is 666 g/mol. The van der Waals surface area contributed by atoms with Crippen molar-refractivity contribution in [2.45, 2.75) is 43.7 Å². The maximum absolute atomic E-state index is 14.7. The van der Waals surface area contributed by atoms with E-state index in [1.54, 1.807) is 30.3 Å². The largest absolute Gasteiger partial charge is 0.457 e. The number of anilines is 1. The highest BCUT2D eigenvalue weighted by atomic mass is 32.2. The molecule has 248 valence electrons. The minimum absolute atomic E-state index is 0.0862. The lowest BCUT2D eigenvalue weighted by atomic mass is 9.87. The SMILES string of the molecule is CC(C)c1ccc(F)cc1N1CSC1=NN=Cc1ccc(-c2ncn(-c3ccc(C(F)(C(F)(F)F)C(F)(F)C(F)(F)F)cc3)n2)cc1. The van der Waals surface area contributed by atoms with Gasteiger partial charge in [0.05, 0.1) is 23.5 Å². The molecule has 1 aliphatic rings. The summed E-state index contributed by atoms with van der Waals surface area (Å²) in [6.07, 6.45) is -10.8. The minimum Gasteiger partial charge on any atom is -0.309 e. The molecule has 2 heterocycles. The molecule has 1 saturated heterocycles. The number of alkyl halides is 9.